The van der Waals surface area contributed by atoms with E-state index in [0.29, 0.717) is 18.4 Å². The lowest BCUT2D eigenvalue weighted by Gasteiger charge is -2.11. The smallest absolute Gasteiger partial charge is 0.290 e. The zero-order chi connectivity index (χ0) is 20.3. The van der Waals surface area contributed by atoms with Crippen LogP contribution in [0.4, 0.5) is 0 Å². The summed E-state index contributed by atoms with van der Waals surface area (Å²) in [7, 11) is 0. The Labute approximate surface area is 166 Å². The highest BCUT2D eigenvalue weighted by Crippen LogP contribution is 2.29. The van der Waals surface area contributed by atoms with E-state index in [1.165, 1.54) is 16.7 Å². The Morgan fingerprint density at radius 3 is 2.43 bits per heavy atom. The summed E-state index contributed by atoms with van der Waals surface area (Å²) in [5.41, 5.74) is 5.71. The molecule has 2 aromatic carbocycles. The van der Waals surface area contributed by atoms with Crippen LogP contribution in [0.5, 0.6) is 11.7 Å². The molecule has 0 aliphatic rings. The highest BCUT2D eigenvalue weighted by atomic mass is 16.6. The molecule has 0 unspecified atom stereocenters. The number of hydrogen-bond acceptors (Lipinski definition) is 3. The summed E-state index contributed by atoms with van der Waals surface area (Å²) < 4.78 is 11.5. The van der Waals surface area contributed by atoms with Crippen molar-refractivity contribution >= 4 is 5.91 Å². The van der Waals surface area contributed by atoms with Crippen LogP contribution < -0.4 is 10.1 Å². The second kappa shape index (κ2) is 8.34. The van der Waals surface area contributed by atoms with Gasteiger partial charge in [-0.05, 0) is 66.6 Å². The summed E-state index contributed by atoms with van der Waals surface area (Å²) in [6.45, 7) is 10.8. The van der Waals surface area contributed by atoms with E-state index in [-0.39, 0.29) is 11.7 Å². The van der Waals surface area contributed by atoms with Gasteiger partial charge >= 0.3 is 0 Å². The number of rotatable bonds is 6. The fraction of sp³-hybridized carbons (Fsp3) is 0.292. The minimum Gasteiger partial charge on any atom is -0.426 e. The average molecular weight is 377 g/mol. The third kappa shape index (κ3) is 4.63. The van der Waals surface area contributed by atoms with Crippen molar-refractivity contribution in [3.8, 4) is 11.7 Å². The summed E-state index contributed by atoms with van der Waals surface area (Å²) in [4.78, 5) is 12.4. The van der Waals surface area contributed by atoms with Gasteiger partial charge in [0.05, 0.1) is 0 Å². The van der Waals surface area contributed by atoms with Crippen LogP contribution in [-0.2, 0) is 6.54 Å². The summed E-state index contributed by atoms with van der Waals surface area (Å²) in [5, 5.41) is 2.89. The third-order valence-corrected chi connectivity index (χ3v) is 4.92. The molecule has 0 fully saturated rings. The van der Waals surface area contributed by atoms with E-state index in [0.717, 1.165) is 16.9 Å². The summed E-state index contributed by atoms with van der Waals surface area (Å²) >= 11 is 0. The molecule has 0 saturated carbocycles. The minimum atomic E-state index is -0.263. The maximum Gasteiger partial charge on any atom is 0.290 e. The Bertz CT molecular complexity index is 985. The topological polar surface area (TPSA) is 51.5 Å². The van der Waals surface area contributed by atoms with E-state index in [1.807, 2.05) is 25.1 Å². The number of carbonyl (C=O) groups is 1. The lowest BCUT2D eigenvalue weighted by molar-refractivity contribution is 0.0918. The van der Waals surface area contributed by atoms with Crippen molar-refractivity contribution in [1.82, 2.24) is 5.32 Å². The van der Waals surface area contributed by atoms with Gasteiger partial charge in [0.15, 0.2) is 5.76 Å². The molecular weight excluding hydrogens is 350 g/mol. The van der Waals surface area contributed by atoms with Gasteiger partial charge in [-0.2, -0.15) is 0 Å². The van der Waals surface area contributed by atoms with Gasteiger partial charge in [-0.3, -0.25) is 4.79 Å². The normalized spacial score (nSPS) is 10.9. The fourth-order valence-corrected chi connectivity index (χ4v) is 2.87. The summed E-state index contributed by atoms with van der Waals surface area (Å²) in [6, 6.07) is 15.6. The first kappa shape index (κ1) is 19.7. The van der Waals surface area contributed by atoms with Crippen molar-refractivity contribution in [2.45, 2.75) is 47.1 Å². The van der Waals surface area contributed by atoms with Crippen LogP contribution in [0, 0.1) is 20.8 Å². The number of carbonyl (C=O) groups excluding carboxylic acids is 1. The van der Waals surface area contributed by atoms with E-state index in [1.54, 1.807) is 12.1 Å². The highest BCUT2D eigenvalue weighted by Gasteiger charge is 2.14. The van der Waals surface area contributed by atoms with Gasteiger partial charge in [0.1, 0.15) is 5.75 Å². The Balaban J connectivity index is 1.65. The second-order valence-corrected chi connectivity index (χ2v) is 7.50. The van der Waals surface area contributed by atoms with Gasteiger partial charge in [0, 0.05) is 12.6 Å². The molecule has 0 radical (unpaired) electrons. The van der Waals surface area contributed by atoms with Gasteiger partial charge < -0.3 is 14.5 Å². The van der Waals surface area contributed by atoms with E-state index >= 15 is 0 Å². The molecule has 0 aliphatic carbocycles. The van der Waals surface area contributed by atoms with Crippen LogP contribution in [0.15, 0.2) is 52.9 Å². The largest absolute Gasteiger partial charge is 0.426 e. The molecule has 0 spiro atoms. The van der Waals surface area contributed by atoms with Crippen LogP contribution in [0.3, 0.4) is 0 Å². The quantitative estimate of drug-likeness (QED) is 0.569. The van der Waals surface area contributed by atoms with E-state index in [4.69, 9.17) is 9.15 Å². The average Bonchev–Trinajstić information content (AvgIpc) is 3.12. The van der Waals surface area contributed by atoms with Crippen molar-refractivity contribution in [1.29, 1.82) is 0 Å². The number of hydrogen-bond donors (Lipinski definition) is 1. The zero-order valence-corrected chi connectivity index (χ0v) is 17.1. The zero-order valence-electron chi connectivity index (χ0n) is 17.1. The van der Waals surface area contributed by atoms with Crippen LogP contribution in [-0.4, -0.2) is 5.91 Å². The van der Waals surface area contributed by atoms with Crippen molar-refractivity contribution in [3.63, 3.8) is 0 Å². The maximum absolute atomic E-state index is 12.4. The molecule has 4 nitrogen and oxygen atoms in total. The molecule has 3 rings (SSSR count). The number of nitrogens with one attached hydrogen (secondary N) is 1. The first-order valence-corrected chi connectivity index (χ1v) is 9.56. The molecule has 1 amide bonds. The lowest BCUT2D eigenvalue weighted by atomic mass is 10.0. The van der Waals surface area contributed by atoms with Crippen molar-refractivity contribution in [2.24, 2.45) is 0 Å². The fourth-order valence-electron chi connectivity index (χ4n) is 2.87. The van der Waals surface area contributed by atoms with Gasteiger partial charge in [-0.1, -0.05) is 44.2 Å². The second-order valence-electron chi connectivity index (χ2n) is 7.50. The molecule has 0 saturated heterocycles. The molecule has 0 atom stereocenters. The minimum absolute atomic E-state index is 0.233. The Hall–Kier alpha value is -3.01. The third-order valence-electron chi connectivity index (χ3n) is 4.92. The maximum atomic E-state index is 12.4. The van der Waals surface area contributed by atoms with Gasteiger partial charge in [0.2, 0.25) is 0 Å². The molecule has 1 heterocycles. The molecule has 0 bridgehead atoms. The number of aryl methyl sites for hydroxylation is 3. The highest BCUT2D eigenvalue weighted by molar-refractivity contribution is 5.91. The molecule has 1 N–H and O–H groups in total. The van der Waals surface area contributed by atoms with Crippen molar-refractivity contribution < 1.29 is 13.9 Å². The van der Waals surface area contributed by atoms with Crippen LogP contribution >= 0.6 is 0 Å². The van der Waals surface area contributed by atoms with Crippen LogP contribution in [0.1, 0.15) is 58.1 Å². The predicted octanol–water partition coefficient (Wildman–Crippen LogP) is 6.05. The summed E-state index contributed by atoms with van der Waals surface area (Å²) in [6.07, 6.45) is 0. The molecule has 146 valence electrons. The Morgan fingerprint density at radius 2 is 1.71 bits per heavy atom. The Morgan fingerprint density at radius 1 is 0.964 bits per heavy atom. The number of amides is 1. The van der Waals surface area contributed by atoms with E-state index in [2.05, 4.69) is 51.2 Å². The number of furan rings is 1. The molecule has 28 heavy (non-hydrogen) atoms. The molecular formula is C24H27NO3. The first-order chi connectivity index (χ1) is 13.3. The van der Waals surface area contributed by atoms with E-state index < -0.39 is 0 Å². The van der Waals surface area contributed by atoms with Gasteiger partial charge in [-0.15, -0.1) is 0 Å². The first-order valence-electron chi connectivity index (χ1n) is 9.56. The molecule has 3 aromatic rings. The number of benzene rings is 2. The molecule has 0 aliphatic heterocycles. The van der Waals surface area contributed by atoms with Gasteiger partial charge in [-0.25, -0.2) is 0 Å². The van der Waals surface area contributed by atoms with Crippen LogP contribution in [0.25, 0.3) is 0 Å². The Kier molecular flexibility index (Phi) is 5.88. The SMILES string of the molecule is Cc1ccc(CNC(=O)c2ccc(Oc3cc(C(C)C)ccc3C)o2)cc1C. The standard InChI is InChI=1S/C24H27NO3/c1-15(2)20-9-7-17(4)22(13-20)28-23-11-10-21(27-23)24(26)25-14-19-8-6-16(3)18(5)12-19/h6-13,15H,14H2,1-5H3,(H,25,26). The van der Waals surface area contributed by atoms with Crippen molar-refractivity contribution in [3.05, 3.63) is 82.1 Å². The van der Waals surface area contributed by atoms with Crippen molar-refractivity contribution in [2.75, 3.05) is 0 Å². The molecule has 1 aromatic heterocycles. The van der Waals surface area contributed by atoms with E-state index in [9.17, 15) is 4.79 Å². The monoisotopic (exact) mass is 377 g/mol. The van der Waals surface area contributed by atoms with Gasteiger partial charge in [0.25, 0.3) is 11.9 Å². The number of ether oxygens (including phenoxy) is 1. The summed E-state index contributed by atoms with van der Waals surface area (Å²) in [5.74, 6) is 1.42. The lowest BCUT2D eigenvalue weighted by Crippen LogP contribution is -2.22. The molecule has 4 heteroatoms. The predicted molar refractivity (Wildman–Crippen MR) is 111 cm³/mol. The van der Waals surface area contributed by atoms with Crippen LogP contribution in [0.2, 0.25) is 0 Å².